The van der Waals surface area contributed by atoms with Crippen molar-refractivity contribution in [2.45, 2.75) is 12.8 Å². The highest BCUT2D eigenvalue weighted by molar-refractivity contribution is 6.09. The van der Waals surface area contributed by atoms with Crippen LogP contribution in [0.5, 0.6) is 0 Å². The van der Waals surface area contributed by atoms with E-state index in [0.717, 1.165) is 4.90 Å². The van der Waals surface area contributed by atoms with Gasteiger partial charge < -0.3 is 10.1 Å². The van der Waals surface area contributed by atoms with Gasteiger partial charge >= 0.3 is 5.97 Å². The number of ether oxygens (including phenoxy) is 1. The van der Waals surface area contributed by atoms with E-state index in [0.29, 0.717) is 11.1 Å². The highest BCUT2D eigenvalue weighted by Crippen LogP contribution is 2.19. The molecule has 1 aromatic carbocycles. The van der Waals surface area contributed by atoms with Gasteiger partial charge in [-0.15, -0.1) is 0 Å². The first-order valence-corrected chi connectivity index (χ1v) is 6.81. The fourth-order valence-corrected chi connectivity index (χ4v) is 2.12. The first-order valence-electron chi connectivity index (χ1n) is 6.81. The van der Waals surface area contributed by atoms with Crippen LogP contribution in [0.1, 0.15) is 22.3 Å². The number of benzene rings is 1. The molecule has 22 heavy (non-hydrogen) atoms. The molecule has 0 aliphatic carbocycles. The van der Waals surface area contributed by atoms with Gasteiger partial charge in [0.1, 0.15) is 0 Å². The molecule has 0 atom stereocenters. The molecule has 7 heteroatoms. The maximum atomic E-state index is 12.2. The predicted octanol–water partition coefficient (Wildman–Crippen LogP) is -0.109. The molecule has 0 fully saturated rings. The number of nitrogens with zero attached hydrogens (tertiary/aromatic N) is 1. The van der Waals surface area contributed by atoms with Gasteiger partial charge in [-0.3, -0.25) is 24.1 Å². The van der Waals surface area contributed by atoms with Crippen LogP contribution in [0.4, 0.5) is 0 Å². The normalized spacial score (nSPS) is 13.6. The van der Waals surface area contributed by atoms with Gasteiger partial charge in [-0.2, -0.15) is 0 Å². The Morgan fingerprint density at radius 1 is 1.27 bits per heavy atom. The molecular formula is C15H16N2O5. The Labute approximate surface area is 127 Å². The molecule has 1 N–H and O–H groups in total. The first kappa shape index (κ1) is 15.7. The maximum Gasteiger partial charge on any atom is 0.308 e. The van der Waals surface area contributed by atoms with Crippen molar-refractivity contribution < 1.29 is 23.9 Å². The van der Waals surface area contributed by atoms with E-state index in [1.54, 1.807) is 24.3 Å². The number of carbonyl (C=O) groups is 4. The molecule has 0 bridgehead atoms. The number of likely N-dealkylation sites (N-methyl/N-ethyl adjacent to an activating group) is 1. The second-order valence-electron chi connectivity index (χ2n) is 4.77. The first-order chi connectivity index (χ1) is 10.5. The molecule has 0 spiro atoms. The molecule has 0 radical (unpaired) electrons. The largest absolute Gasteiger partial charge is 0.456 e. The van der Waals surface area contributed by atoms with Gasteiger partial charge in [0.25, 0.3) is 11.8 Å². The van der Waals surface area contributed by atoms with Gasteiger partial charge in [-0.1, -0.05) is 18.2 Å². The molecular weight excluding hydrogens is 288 g/mol. The lowest BCUT2D eigenvalue weighted by Gasteiger charge is -2.26. The van der Waals surface area contributed by atoms with Crippen molar-refractivity contribution in [2.24, 2.45) is 0 Å². The van der Waals surface area contributed by atoms with E-state index < -0.39 is 17.8 Å². The minimum absolute atomic E-state index is 0.0570. The Balaban J connectivity index is 1.93. The monoisotopic (exact) mass is 304 g/mol. The fourth-order valence-electron chi connectivity index (χ4n) is 2.12. The third kappa shape index (κ3) is 3.49. The number of hydrogen-bond acceptors (Lipinski definition) is 5. The number of nitrogens with one attached hydrogen (secondary N) is 1. The van der Waals surface area contributed by atoms with Crippen LogP contribution in [0.25, 0.3) is 0 Å². The van der Waals surface area contributed by atoms with Crippen LogP contribution in [0.3, 0.4) is 0 Å². The van der Waals surface area contributed by atoms with Crippen LogP contribution in [-0.4, -0.2) is 48.8 Å². The third-order valence-electron chi connectivity index (χ3n) is 3.32. The number of fused-ring (bicyclic) bond motifs is 1. The molecule has 1 aromatic rings. The summed E-state index contributed by atoms with van der Waals surface area (Å²) in [4.78, 5) is 47.7. The average Bonchev–Trinajstić information content (AvgIpc) is 2.52. The summed E-state index contributed by atoms with van der Waals surface area (Å²) in [5.41, 5.74) is 1.16. The lowest BCUT2D eigenvalue weighted by Crippen LogP contribution is -2.43. The SMILES string of the molecule is CNC(=O)COC(=O)CCN1C(=O)Cc2ccccc2C1=O. The second kappa shape index (κ2) is 6.84. The van der Waals surface area contributed by atoms with E-state index in [1.165, 1.54) is 7.05 Å². The minimum Gasteiger partial charge on any atom is -0.456 e. The standard InChI is InChI=1S/C15H16N2O5/c1-16-12(18)9-22-14(20)6-7-17-13(19)8-10-4-2-3-5-11(10)15(17)21/h2-5H,6-9H2,1H3,(H,16,18). The van der Waals surface area contributed by atoms with E-state index in [2.05, 4.69) is 5.32 Å². The van der Waals surface area contributed by atoms with Crippen LogP contribution in [-0.2, 0) is 25.5 Å². The number of rotatable bonds is 5. The molecule has 3 amide bonds. The summed E-state index contributed by atoms with van der Waals surface area (Å²) in [6.45, 7) is -0.432. The van der Waals surface area contributed by atoms with Crippen molar-refractivity contribution in [1.82, 2.24) is 10.2 Å². The molecule has 1 heterocycles. The van der Waals surface area contributed by atoms with E-state index in [4.69, 9.17) is 4.74 Å². The van der Waals surface area contributed by atoms with E-state index >= 15 is 0 Å². The number of amides is 3. The predicted molar refractivity (Wildman–Crippen MR) is 75.8 cm³/mol. The van der Waals surface area contributed by atoms with Crippen LogP contribution >= 0.6 is 0 Å². The van der Waals surface area contributed by atoms with Crippen LogP contribution in [0.2, 0.25) is 0 Å². The zero-order chi connectivity index (χ0) is 16.1. The zero-order valence-corrected chi connectivity index (χ0v) is 12.1. The highest BCUT2D eigenvalue weighted by atomic mass is 16.5. The van der Waals surface area contributed by atoms with Gasteiger partial charge in [0, 0.05) is 19.2 Å². The molecule has 0 unspecified atom stereocenters. The molecule has 1 aliphatic heterocycles. The maximum absolute atomic E-state index is 12.2. The Morgan fingerprint density at radius 2 is 2.00 bits per heavy atom. The van der Waals surface area contributed by atoms with Crippen LogP contribution < -0.4 is 5.32 Å². The Hall–Kier alpha value is -2.70. The zero-order valence-electron chi connectivity index (χ0n) is 12.1. The van der Waals surface area contributed by atoms with Gasteiger partial charge in [0.05, 0.1) is 12.8 Å². The summed E-state index contributed by atoms with van der Waals surface area (Å²) < 4.78 is 4.73. The molecule has 2 rings (SSSR count). The second-order valence-corrected chi connectivity index (χ2v) is 4.77. The van der Waals surface area contributed by atoms with Crippen molar-refractivity contribution in [3.05, 3.63) is 35.4 Å². The van der Waals surface area contributed by atoms with Gasteiger partial charge in [0.15, 0.2) is 6.61 Å². The van der Waals surface area contributed by atoms with Crippen LogP contribution in [0.15, 0.2) is 24.3 Å². The summed E-state index contributed by atoms with van der Waals surface area (Å²) >= 11 is 0. The van der Waals surface area contributed by atoms with Crippen molar-refractivity contribution in [3.63, 3.8) is 0 Å². The molecule has 0 saturated carbocycles. The molecule has 116 valence electrons. The van der Waals surface area contributed by atoms with Crippen molar-refractivity contribution in [1.29, 1.82) is 0 Å². The summed E-state index contributed by atoms with van der Waals surface area (Å²) in [5.74, 6) is -1.82. The van der Waals surface area contributed by atoms with Gasteiger partial charge in [-0.05, 0) is 11.6 Å². The topological polar surface area (TPSA) is 92.8 Å². The van der Waals surface area contributed by atoms with Gasteiger partial charge in [0.2, 0.25) is 5.91 Å². The molecule has 1 aliphatic rings. The third-order valence-corrected chi connectivity index (χ3v) is 3.32. The lowest BCUT2D eigenvalue weighted by atomic mass is 9.98. The fraction of sp³-hybridized carbons (Fsp3) is 0.333. The summed E-state index contributed by atoms with van der Waals surface area (Å²) in [5, 5.41) is 2.32. The van der Waals surface area contributed by atoms with Gasteiger partial charge in [-0.25, -0.2) is 0 Å². The summed E-state index contributed by atoms with van der Waals surface area (Å²) in [7, 11) is 1.43. The summed E-state index contributed by atoms with van der Waals surface area (Å²) in [6.07, 6.45) is -0.00809. The van der Waals surface area contributed by atoms with E-state index in [9.17, 15) is 19.2 Å². The van der Waals surface area contributed by atoms with E-state index in [-0.39, 0.29) is 31.9 Å². The Morgan fingerprint density at radius 3 is 2.73 bits per heavy atom. The minimum atomic E-state index is -0.636. The number of imide groups is 1. The highest BCUT2D eigenvalue weighted by Gasteiger charge is 2.30. The molecule has 0 saturated heterocycles. The van der Waals surface area contributed by atoms with Crippen LogP contribution in [0, 0.1) is 0 Å². The number of esters is 1. The van der Waals surface area contributed by atoms with Crippen molar-refractivity contribution in [3.8, 4) is 0 Å². The Kier molecular flexibility index (Phi) is 4.88. The summed E-state index contributed by atoms with van der Waals surface area (Å²) in [6, 6.07) is 6.88. The van der Waals surface area contributed by atoms with E-state index in [1.807, 2.05) is 0 Å². The van der Waals surface area contributed by atoms with Crippen molar-refractivity contribution in [2.75, 3.05) is 20.2 Å². The smallest absolute Gasteiger partial charge is 0.308 e. The number of hydrogen-bond donors (Lipinski definition) is 1. The van der Waals surface area contributed by atoms with Crippen molar-refractivity contribution >= 4 is 23.7 Å². The quantitative estimate of drug-likeness (QED) is 0.605. The molecule has 7 nitrogen and oxygen atoms in total. The average molecular weight is 304 g/mol. The Bertz CT molecular complexity index is 626. The number of carbonyl (C=O) groups excluding carboxylic acids is 4. The molecule has 0 aromatic heterocycles. The lowest BCUT2D eigenvalue weighted by molar-refractivity contribution is -0.148.